The largest absolute Gasteiger partial charge is 0.496 e. The molecule has 0 aliphatic carbocycles. The van der Waals surface area contributed by atoms with Gasteiger partial charge in [-0.25, -0.2) is 23.7 Å². The van der Waals surface area contributed by atoms with E-state index in [1.807, 2.05) is 6.07 Å². The average molecular weight is 523 g/mol. The molecule has 190 valence electrons. The van der Waals surface area contributed by atoms with Crippen LogP contribution < -0.4 is 20.7 Å². The van der Waals surface area contributed by atoms with Crippen molar-refractivity contribution in [3.8, 4) is 28.3 Å². The van der Waals surface area contributed by atoms with Crippen molar-refractivity contribution in [3.05, 3.63) is 77.6 Å². The predicted molar refractivity (Wildman–Crippen MR) is 141 cm³/mol. The van der Waals surface area contributed by atoms with Crippen molar-refractivity contribution in [1.29, 1.82) is 0 Å². The van der Waals surface area contributed by atoms with E-state index in [2.05, 4.69) is 25.2 Å². The van der Waals surface area contributed by atoms with Gasteiger partial charge in [0.1, 0.15) is 29.0 Å². The van der Waals surface area contributed by atoms with Crippen LogP contribution in [0.1, 0.15) is 12.8 Å². The zero-order chi connectivity index (χ0) is 25.9. The Kier molecular flexibility index (Phi) is 7.16. The van der Waals surface area contributed by atoms with Crippen LogP contribution in [0.15, 0.2) is 60.9 Å². The van der Waals surface area contributed by atoms with E-state index in [4.69, 9.17) is 22.1 Å². The number of hydrogen-bond donors (Lipinski definition) is 2. The molecule has 0 saturated carbocycles. The maximum absolute atomic E-state index is 14.6. The van der Waals surface area contributed by atoms with E-state index in [0.29, 0.717) is 23.9 Å². The van der Waals surface area contributed by atoms with Crippen molar-refractivity contribution in [2.24, 2.45) is 5.73 Å². The molecule has 3 heterocycles. The highest BCUT2D eigenvalue weighted by molar-refractivity contribution is 6.31. The first kappa shape index (κ1) is 24.9. The molecule has 7 nitrogen and oxygen atoms in total. The van der Waals surface area contributed by atoms with Crippen molar-refractivity contribution in [2.45, 2.75) is 18.9 Å². The minimum absolute atomic E-state index is 0.0399. The molecule has 0 unspecified atom stereocenters. The summed E-state index contributed by atoms with van der Waals surface area (Å²) in [6, 6.07) is 12.8. The highest BCUT2D eigenvalue weighted by Gasteiger charge is 2.22. The zero-order valence-corrected chi connectivity index (χ0v) is 20.8. The monoisotopic (exact) mass is 522 g/mol. The van der Waals surface area contributed by atoms with Gasteiger partial charge in [-0.1, -0.05) is 23.7 Å². The molecule has 1 fully saturated rings. The molecular weight excluding hydrogens is 498 g/mol. The molecule has 37 heavy (non-hydrogen) atoms. The van der Waals surface area contributed by atoms with Crippen molar-refractivity contribution in [3.63, 3.8) is 0 Å². The molecule has 1 aliphatic rings. The van der Waals surface area contributed by atoms with E-state index >= 15 is 0 Å². The second-order valence-electron chi connectivity index (χ2n) is 8.77. The summed E-state index contributed by atoms with van der Waals surface area (Å²) < 4.78 is 33.7. The van der Waals surface area contributed by atoms with Crippen LogP contribution in [-0.4, -0.2) is 41.2 Å². The summed E-state index contributed by atoms with van der Waals surface area (Å²) in [6.45, 7) is 1.50. The second-order valence-corrected chi connectivity index (χ2v) is 9.18. The lowest BCUT2D eigenvalue weighted by Gasteiger charge is -2.34. The highest BCUT2D eigenvalue weighted by atomic mass is 35.5. The number of anilines is 3. The standard InChI is InChI=1S/C27H25ClF2N6O/c1-37-23-6-2-5-21(30)26(23)27-32-10-9-24(35-27)34-25-13-22(36-11-3-4-17(31)15-36)18(14-33-25)16-7-8-20(29)19(28)12-16/h2,5-10,12-14,17H,3-4,11,15,31H2,1H3,(H,32,33,34,35)/t17-/m0/s1. The molecule has 0 bridgehead atoms. The fourth-order valence-corrected chi connectivity index (χ4v) is 4.64. The Morgan fingerprint density at radius 3 is 2.73 bits per heavy atom. The van der Waals surface area contributed by atoms with Crippen molar-refractivity contribution in [1.82, 2.24) is 15.0 Å². The number of nitrogens with zero attached hydrogens (tertiary/aromatic N) is 4. The van der Waals surface area contributed by atoms with Gasteiger partial charge in [0.2, 0.25) is 0 Å². The number of ether oxygens (including phenoxy) is 1. The Balaban J connectivity index is 1.52. The molecule has 0 amide bonds. The summed E-state index contributed by atoms with van der Waals surface area (Å²) in [6.07, 6.45) is 5.16. The van der Waals surface area contributed by atoms with Crippen LogP contribution in [0.5, 0.6) is 5.75 Å². The third-order valence-corrected chi connectivity index (χ3v) is 6.53. The van der Waals surface area contributed by atoms with E-state index in [1.54, 1.807) is 36.5 Å². The number of benzene rings is 2. The van der Waals surface area contributed by atoms with E-state index in [-0.39, 0.29) is 22.5 Å². The number of pyridine rings is 1. The number of halogens is 3. The quantitative estimate of drug-likeness (QED) is 0.330. The van der Waals surface area contributed by atoms with Crippen LogP contribution in [-0.2, 0) is 0 Å². The molecular formula is C27H25ClF2N6O. The SMILES string of the molecule is COc1cccc(F)c1-c1nccc(Nc2cc(N3CCC[C@H](N)C3)c(-c3ccc(F)c(Cl)c3)cn2)n1. The summed E-state index contributed by atoms with van der Waals surface area (Å²) in [5, 5.41) is 3.23. The molecule has 1 atom stereocenters. The molecule has 4 aromatic rings. The molecule has 2 aromatic heterocycles. The normalized spacial score (nSPS) is 15.5. The first-order chi connectivity index (χ1) is 17.9. The van der Waals surface area contributed by atoms with Gasteiger partial charge >= 0.3 is 0 Å². The Hall–Kier alpha value is -3.82. The van der Waals surface area contributed by atoms with Crippen LogP contribution in [0, 0.1) is 11.6 Å². The van der Waals surface area contributed by atoms with E-state index < -0.39 is 11.6 Å². The molecule has 2 aromatic carbocycles. The zero-order valence-electron chi connectivity index (χ0n) is 20.1. The van der Waals surface area contributed by atoms with Gasteiger partial charge in [-0.2, -0.15) is 0 Å². The molecule has 0 radical (unpaired) electrons. The number of rotatable bonds is 6. The Morgan fingerprint density at radius 2 is 1.95 bits per heavy atom. The lowest BCUT2D eigenvalue weighted by atomic mass is 10.0. The van der Waals surface area contributed by atoms with Crippen molar-refractivity contribution in [2.75, 3.05) is 30.4 Å². The summed E-state index contributed by atoms with van der Waals surface area (Å²) in [7, 11) is 1.47. The number of piperidine rings is 1. The number of methoxy groups -OCH3 is 1. The Morgan fingerprint density at radius 1 is 1.08 bits per heavy atom. The molecule has 3 N–H and O–H groups in total. The lowest BCUT2D eigenvalue weighted by Crippen LogP contribution is -2.43. The highest BCUT2D eigenvalue weighted by Crippen LogP contribution is 2.36. The number of hydrogen-bond acceptors (Lipinski definition) is 7. The predicted octanol–water partition coefficient (Wildman–Crippen LogP) is 5.82. The van der Waals surface area contributed by atoms with Gasteiger partial charge < -0.3 is 20.7 Å². The van der Waals surface area contributed by atoms with E-state index in [1.165, 1.54) is 25.4 Å². The van der Waals surface area contributed by atoms with Gasteiger partial charge in [-0.15, -0.1) is 0 Å². The second kappa shape index (κ2) is 10.7. The average Bonchev–Trinajstić information content (AvgIpc) is 2.90. The Labute approximate surface area is 218 Å². The fraction of sp³-hybridized carbons (Fsp3) is 0.222. The van der Waals surface area contributed by atoms with Gasteiger partial charge in [0.15, 0.2) is 5.82 Å². The molecule has 1 aliphatic heterocycles. The van der Waals surface area contributed by atoms with Crippen LogP contribution in [0.3, 0.4) is 0 Å². The first-order valence-electron chi connectivity index (χ1n) is 11.8. The third-order valence-electron chi connectivity index (χ3n) is 6.24. The van der Waals surface area contributed by atoms with Crippen molar-refractivity contribution >= 4 is 28.9 Å². The number of aromatic nitrogens is 3. The minimum atomic E-state index is -0.485. The molecule has 5 rings (SSSR count). The maximum atomic E-state index is 14.6. The minimum Gasteiger partial charge on any atom is -0.496 e. The van der Waals surface area contributed by atoms with Crippen LogP contribution in [0.4, 0.5) is 26.1 Å². The van der Waals surface area contributed by atoms with Gasteiger partial charge in [-0.3, -0.25) is 0 Å². The summed E-state index contributed by atoms with van der Waals surface area (Å²) in [5.74, 6) is 0.504. The topological polar surface area (TPSA) is 89.2 Å². The molecule has 10 heteroatoms. The maximum Gasteiger partial charge on any atom is 0.168 e. The summed E-state index contributed by atoms with van der Waals surface area (Å²) in [5.41, 5.74) is 8.88. The fourth-order valence-electron chi connectivity index (χ4n) is 4.46. The van der Waals surface area contributed by atoms with Crippen LogP contribution in [0.2, 0.25) is 5.02 Å². The van der Waals surface area contributed by atoms with Crippen molar-refractivity contribution < 1.29 is 13.5 Å². The van der Waals surface area contributed by atoms with E-state index in [9.17, 15) is 8.78 Å². The first-order valence-corrected chi connectivity index (χ1v) is 12.2. The summed E-state index contributed by atoms with van der Waals surface area (Å²) in [4.78, 5) is 15.5. The molecule has 1 saturated heterocycles. The van der Waals surface area contributed by atoms with Gasteiger partial charge in [0.05, 0.1) is 17.7 Å². The van der Waals surface area contributed by atoms with Gasteiger partial charge in [0, 0.05) is 48.8 Å². The van der Waals surface area contributed by atoms with Crippen LogP contribution in [0.25, 0.3) is 22.5 Å². The van der Waals surface area contributed by atoms with Gasteiger partial charge in [0.25, 0.3) is 0 Å². The Bertz CT molecular complexity index is 1440. The van der Waals surface area contributed by atoms with Crippen LogP contribution >= 0.6 is 11.6 Å². The van der Waals surface area contributed by atoms with E-state index in [0.717, 1.165) is 36.2 Å². The third kappa shape index (κ3) is 5.33. The molecule has 0 spiro atoms. The lowest BCUT2D eigenvalue weighted by molar-refractivity contribution is 0.413. The number of nitrogens with two attached hydrogens (primary N) is 1. The number of nitrogens with one attached hydrogen (secondary N) is 1. The van der Waals surface area contributed by atoms with Gasteiger partial charge in [-0.05, 0) is 48.7 Å². The smallest absolute Gasteiger partial charge is 0.168 e. The summed E-state index contributed by atoms with van der Waals surface area (Å²) >= 11 is 6.07.